The molecule has 0 atom stereocenters. The van der Waals surface area contributed by atoms with Gasteiger partial charge < -0.3 is 10.1 Å². The molecule has 0 heterocycles. The number of benzene rings is 1. The molecule has 0 fully saturated rings. The van der Waals surface area contributed by atoms with Gasteiger partial charge in [-0.2, -0.15) is 0 Å². The van der Waals surface area contributed by atoms with Gasteiger partial charge in [-0.05, 0) is 25.1 Å². The molecule has 2 rings (SSSR count). The van der Waals surface area contributed by atoms with Crippen LogP contribution in [-0.2, 0) is 6.42 Å². The second-order valence-corrected chi connectivity index (χ2v) is 3.54. The standard InChI is InChI=1S/C12H15NO/c1-13-8-9-6-10-4-3-5-12(14-2)11(10)7-9/h3-5,7,13H,6,8H2,1-2H3. The molecule has 0 bridgehead atoms. The molecule has 0 aromatic heterocycles. The van der Waals surface area contributed by atoms with Crippen molar-refractivity contribution in [1.29, 1.82) is 0 Å². The number of methoxy groups -OCH3 is 1. The monoisotopic (exact) mass is 189 g/mol. The number of hydrogen-bond acceptors (Lipinski definition) is 2. The lowest BCUT2D eigenvalue weighted by atomic mass is 10.1. The van der Waals surface area contributed by atoms with Crippen LogP contribution in [0, 0.1) is 0 Å². The minimum absolute atomic E-state index is 0.956. The highest BCUT2D eigenvalue weighted by Gasteiger charge is 2.15. The Labute approximate surface area is 84.6 Å². The van der Waals surface area contributed by atoms with Gasteiger partial charge in [0.1, 0.15) is 5.75 Å². The maximum atomic E-state index is 5.32. The molecule has 1 aromatic carbocycles. The summed E-state index contributed by atoms with van der Waals surface area (Å²) in [5.74, 6) is 0.980. The van der Waals surface area contributed by atoms with E-state index in [1.54, 1.807) is 7.11 Å². The lowest BCUT2D eigenvalue weighted by Gasteiger charge is -2.04. The summed E-state index contributed by atoms with van der Waals surface area (Å²) in [5, 5.41) is 3.17. The van der Waals surface area contributed by atoms with E-state index in [2.05, 4.69) is 17.5 Å². The van der Waals surface area contributed by atoms with Crippen molar-refractivity contribution >= 4 is 6.08 Å². The van der Waals surface area contributed by atoms with Crippen LogP contribution in [-0.4, -0.2) is 20.7 Å². The number of rotatable bonds is 3. The largest absolute Gasteiger partial charge is 0.496 e. The van der Waals surface area contributed by atoms with Gasteiger partial charge in [0.05, 0.1) is 7.11 Å². The molecule has 0 unspecified atom stereocenters. The van der Waals surface area contributed by atoms with Crippen LogP contribution in [0.2, 0.25) is 0 Å². The van der Waals surface area contributed by atoms with Crippen LogP contribution >= 0.6 is 0 Å². The molecule has 2 heteroatoms. The van der Waals surface area contributed by atoms with Crippen molar-refractivity contribution in [3.05, 3.63) is 34.9 Å². The van der Waals surface area contributed by atoms with Crippen molar-refractivity contribution in [2.45, 2.75) is 6.42 Å². The fourth-order valence-electron chi connectivity index (χ4n) is 1.93. The Kier molecular flexibility index (Phi) is 2.55. The second kappa shape index (κ2) is 3.84. The van der Waals surface area contributed by atoms with Gasteiger partial charge in [0.2, 0.25) is 0 Å². The van der Waals surface area contributed by atoms with Gasteiger partial charge >= 0.3 is 0 Å². The van der Waals surface area contributed by atoms with E-state index in [-0.39, 0.29) is 0 Å². The first-order chi connectivity index (χ1) is 6.85. The number of hydrogen-bond donors (Lipinski definition) is 1. The van der Waals surface area contributed by atoms with Crippen molar-refractivity contribution < 1.29 is 4.74 Å². The fraction of sp³-hybridized carbons (Fsp3) is 0.333. The Hall–Kier alpha value is -1.28. The molecule has 2 nitrogen and oxygen atoms in total. The molecule has 0 spiro atoms. The summed E-state index contributed by atoms with van der Waals surface area (Å²) in [5.41, 5.74) is 4.04. The fourth-order valence-corrected chi connectivity index (χ4v) is 1.93. The Morgan fingerprint density at radius 1 is 1.43 bits per heavy atom. The number of ether oxygens (including phenoxy) is 1. The van der Waals surface area contributed by atoms with E-state index < -0.39 is 0 Å². The van der Waals surface area contributed by atoms with Crippen molar-refractivity contribution in [3.8, 4) is 5.75 Å². The van der Waals surface area contributed by atoms with Gasteiger partial charge in [-0.3, -0.25) is 0 Å². The second-order valence-electron chi connectivity index (χ2n) is 3.54. The van der Waals surface area contributed by atoms with E-state index in [9.17, 15) is 0 Å². The summed E-state index contributed by atoms with van der Waals surface area (Å²) in [4.78, 5) is 0. The van der Waals surface area contributed by atoms with Crippen LogP contribution in [0.4, 0.5) is 0 Å². The third kappa shape index (κ3) is 1.53. The number of likely N-dealkylation sites (N-methyl/N-ethyl adjacent to an activating group) is 1. The predicted octanol–water partition coefficient (Wildman–Crippen LogP) is 1.85. The highest BCUT2D eigenvalue weighted by atomic mass is 16.5. The van der Waals surface area contributed by atoms with Crippen LogP contribution in [0.15, 0.2) is 23.8 Å². The Morgan fingerprint density at radius 3 is 3.00 bits per heavy atom. The minimum atomic E-state index is 0.956. The molecular weight excluding hydrogens is 174 g/mol. The molecule has 74 valence electrons. The maximum Gasteiger partial charge on any atom is 0.126 e. The SMILES string of the molecule is CNCC1=Cc2c(cccc2OC)C1. The van der Waals surface area contributed by atoms with Crippen LogP contribution in [0.5, 0.6) is 5.75 Å². The Balaban J connectivity index is 2.33. The van der Waals surface area contributed by atoms with Gasteiger partial charge in [0, 0.05) is 12.1 Å². The molecule has 0 aliphatic heterocycles. The van der Waals surface area contributed by atoms with E-state index in [1.165, 1.54) is 16.7 Å². The number of nitrogens with one attached hydrogen (secondary N) is 1. The number of fused-ring (bicyclic) bond motifs is 1. The third-order valence-corrected chi connectivity index (χ3v) is 2.55. The zero-order valence-electron chi connectivity index (χ0n) is 8.63. The van der Waals surface area contributed by atoms with Crippen LogP contribution in [0.1, 0.15) is 11.1 Å². The quantitative estimate of drug-likeness (QED) is 0.783. The summed E-state index contributed by atoms with van der Waals surface area (Å²) >= 11 is 0. The molecule has 14 heavy (non-hydrogen) atoms. The van der Waals surface area contributed by atoms with Gasteiger partial charge in [-0.25, -0.2) is 0 Å². The zero-order valence-corrected chi connectivity index (χ0v) is 8.63. The van der Waals surface area contributed by atoms with E-state index in [0.29, 0.717) is 0 Å². The van der Waals surface area contributed by atoms with Crippen molar-refractivity contribution in [2.24, 2.45) is 0 Å². The molecule has 1 aromatic rings. The normalized spacial score (nSPS) is 13.7. The average molecular weight is 189 g/mol. The van der Waals surface area contributed by atoms with E-state index in [0.717, 1.165) is 18.7 Å². The topological polar surface area (TPSA) is 21.3 Å². The maximum absolute atomic E-state index is 5.32. The van der Waals surface area contributed by atoms with Gasteiger partial charge in [-0.1, -0.05) is 23.8 Å². The minimum Gasteiger partial charge on any atom is -0.496 e. The van der Waals surface area contributed by atoms with Gasteiger partial charge in [0.15, 0.2) is 0 Å². The Bertz CT molecular complexity index is 369. The molecule has 0 saturated carbocycles. The van der Waals surface area contributed by atoms with E-state index >= 15 is 0 Å². The molecule has 0 saturated heterocycles. The molecule has 0 radical (unpaired) electrons. The summed E-state index contributed by atoms with van der Waals surface area (Å²) in [6, 6.07) is 6.22. The van der Waals surface area contributed by atoms with Crippen LogP contribution < -0.4 is 10.1 Å². The molecule has 1 N–H and O–H groups in total. The first-order valence-electron chi connectivity index (χ1n) is 4.85. The van der Waals surface area contributed by atoms with Crippen molar-refractivity contribution in [2.75, 3.05) is 20.7 Å². The lowest BCUT2D eigenvalue weighted by Crippen LogP contribution is -2.09. The summed E-state index contributed by atoms with van der Waals surface area (Å²) in [7, 11) is 3.70. The van der Waals surface area contributed by atoms with Crippen molar-refractivity contribution in [3.63, 3.8) is 0 Å². The molecule has 1 aliphatic rings. The smallest absolute Gasteiger partial charge is 0.126 e. The third-order valence-electron chi connectivity index (χ3n) is 2.55. The summed E-state index contributed by atoms with van der Waals surface area (Å²) < 4.78 is 5.32. The molecule has 1 aliphatic carbocycles. The Morgan fingerprint density at radius 2 is 2.29 bits per heavy atom. The van der Waals surface area contributed by atoms with Gasteiger partial charge in [0.25, 0.3) is 0 Å². The van der Waals surface area contributed by atoms with Crippen LogP contribution in [0.25, 0.3) is 6.08 Å². The first-order valence-corrected chi connectivity index (χ1v) is 4.85. The highest BCUT2D eigenvalue weighted by Crippen LogP contribution is 2.31. The van der Waals surface area contributed by atoms with Crippen LogP contribution in [0.3, 0.4) is 0 Å². The summed E-state index contributed by atoms with van der Waals surface area (Å²) in [6.45, 7) is 0.956. The van der Waals surface area contributed by atoms with Crippen molar-refractivity contribution in [1.82, 2.24) is 5.32 Å². The molecular formula is C12H15NO. The highest BCUT2D eigenvalue weighted by molar-refractivity contribution is 5.69. The lowest BCUT2D eigenvalue weighted by molar-refractivity contribution is 0.413. The zero-order chi connectivity index (χ0) is 9.97. The predicted molar refractivity (Wildman–Crippen MR) is 58.6 cm³/mol. The average Bonchev–Trinajstić information content (AvgIpc) is 2.60. The summed E-state index contributed by atoms with van der Waals surface area (Å²) in [6.07, 6.45) is 3.28. The first kappa shape index (κ1) is 9.28. The molecule has 0 amide bonds. The van der Waals surface area contributed by atoms with E-state index in [1.807, 2.05) is 19.2 Å². The van der Waals surface area contributed by atoms with Gasteiger partial charge in [-0.15, -0.1) is 0 Å². The van der Waals surface area contributed by atoms with E-state index in [4.69, 9.17) is 4.74 Å².